The maximum absolute atomic E-state index is 8.61. The lowest BCUT2D eigenvalue weighted by atomic mass is 10.3. The second-order valence-corrected chi connectivity index (χ2v) is 3.13. The minimum atomic E-state index is 0.146. The summed E-state index contributed by atoms with van der Waals surface area (Å²) in [5.74, 6) is 0.761. The van der Waals surface area contributed by atoms with Gasteiger partial charge in [-0.25, -0.2) is 0 Å². The number of hydrogen-bond donors (Lipinski definition) is 1. The third-order valence-electron chi connectivity index (χ3n) is 2.01. The van der Waals surface area contributed by atoms with Gasteiger partial charge in [0.1, 0.15) is 5.75 Å². The maximum Gasteiger partial charge on any atom is 0.121 e. The van der Waals surface area contributed by atoms with Crippen LogP contribution in [0.2, 0.25) is 0 Å². The van der Waals surface area contributed by atoms with Crippen LogP contribution in [0.3, 0.4) is 0 Å². The molecule has 0 aliphatic rings. The zero-order valence-corrected chi connectivity index (χ0v) is 8.26. The van der Waals surface area contributed by atoms with Crippen molar-refractivity contribution in [3.63, 3.8) is 0 Å². The number of aliphatic hydroxyl groups excluding tert-OH is 1. The number of ether oxygens (including phenoxy) is 1. The van der Waals surface area contributed by atoms with Gasteiger partial charge < -0.3 is 9.84 Å². The molecular formula is C11H12N2O2. The average Bonchev–Trinajstić information content (AvgIpc) is 2.29. The summed E-state index contributed by atoms with van der Waals surface area (Å²) in [4.78, 5) is 8.34. The van der Waals surface area contributed by atoms with E-state index >= 15 is 0 Å². The van der Waals surface area contributed by atoms with Gasteiger partial charge in [0.25, 0.3) is 0 Å². The zero-order valence-electron chi connectivity index (χ0n) is 8.26. The lowest BCUT2D eigenvalue weighted by Gasteiger charge is -2.05. The van der Waals surface area contributed by atoms with Gasteiger partial charge in [-0.1, -0.05) is 0 Å². The van der Waals surface area contributed by atoms with E-state index in [0.29, 0.717) is 13.0 Å². The normalized spacial score (nSPS) is 10.5. The Morgan fingerprint density at radius 1 is 1.13 bits per heavy atom. The van der Waals surface area contributed by atoms with Gasteiger partial charge in [0.2, 0.25) is 0 Å². The molecule has 0 amide bonds. The Balaban J connectivity index is 2.16. The second-order valence-electron chi connectivity index (χ2n) is 3.13. The maximum atomic E-state index is 8.61. The second kappa shape index (κ2) is 4.70. The highest BCUT2D eigenvalue weighted by Crippen LogP contribution is 2.16. The standard InChI is InChI=1S/C11H12N2O2/c14-6-1-7-15-9-2-3-10-11(8-9)13-5-4-12-10/h2-5,8,14H,1,6-7H2. The van der Waals surface area contributed by atoms with Crippen LogP contribution < -0.4 is 4.74 Å². The van der Waals surface area contributed by atoms with E-state index < -0.39 is 0 Å². The monoisotopic (exact) mass is 204 g/mol. The van der Waals surface area contributed by atoms with Gasteiger partial charge in [0.05, 0.1) is 17.6 Å². The van der Waals surface area contributed by atoms with Crippen molar-refractivity contribution in [2.75, 3.05) is 13.2 Å². The van der Waals surface area contributed by atoms with Crippen LogP contribution in [0.4, 0.5) is 0 Å². The van der Waals surface area contributed by atoms with Crippen molar-refractivity contribution < 1.29 is 9.84 Å². The molecule has 1 aromatic carbocycles. The van der Waals surface area contributed by atoms with Crippen molar-refractivity contribution in [2.45, 2.75) is 6.42 Å². The minimum absolute atomic E-state index is 0.146. The van der Waals surface area contributed by atoms with Crippen LogP contribution in [0.25, 0.3) is 11.0 Å². The van der Waals surface area contributed by atoms with Crippen LogP contribution in [0.15, 0.2) is 30.6 Å². The van der Waals surface area contributed by atoms with Gasteiger partial charge in [-0.05, 0) is 12.1 Å². The average molecular weight is 204 g/mol. The summed E-state index contributed by atoms with van der Waals surface area (Å²) in [7, 11) is 0. The van der Waals surface area contributed by atoms with Crippen molar-refractivity contribution in [1.82, 2.24) is 9.97 Å². The largest absolute Gasteiger partial charge is 0.493 e. The fourth-order valence-corrected chi connectivity index (χ4v) is 1.29. The molecule has 2 aromatic rings. The van der Waals surface area contributed by atoms with Gasteiger partial charge >= 0.3 is 0 Å². The fourth-order valence-electron chi connectivity index (χ4n) is 1.29. The highest BCUT2D eigenvalue weighted by Gasteiger charge is 1.98. The summed E-state index contributed by atoms with van der Waals surface area (Å²) < 4.78 is 5.43. The van der Waals surface area contributed by atoms with Gasteiger partial charge in [-0.2, -0.15) is 0 Å². The summed E-state index contributed by atoms with van der Waals surface area (Å²) >= 11 is 0. The van der Waals surface area contributed by atoms with Crippen molar-refractivity contribution in [3.8, 4) is 5.75 Å². The molecule has 4 nitrogen and oxygen atoms in total. The Hall–Kier alpha value is -1.68. The number of fused-ring (bicyclic) bond motifs is 1. The molecule has 0 atom stereocenters. The van der Waals surface area contributed by atoms with Crippen LogP contribution in [0, 0.1) is 0 Å². The van der Waals surface area contributed by atoms with Gasteiger partial charge in [0, 0.05) is 31.5 Å². The first-order chi connectivity index (χ1) is 7.40. The zero-order chi connectivity index (χ0) is 10.5. The van der Waals surface area contributed by atoms with Crippen LogP contribution in [-0.2, 0) is 0 Å². The van der Waals surface area contributed by atoms with E-state index in [1.54, 1.807) is 12.4 Å². The Labute approximate surface area is 87.6 Å². The van der Waals surface area contributed by atoms with E-state index in [-0.39, 0.29) is 6.61 Å². The summed E-state index contributed by atoms with van der Waals surface area (Å²) in [6.45, 7) is 0.662. The Morgan fingerprint density at radius 2 is 1.93 bits per heavy atom. The summed E-state index contributed by atoms with van der Waals surface area (Å²) in [5.41, 5.74) is 1.67. The molecule has 1 aromatic heterocycles. The van der Waals surface area contributed by atoms with Gasteiger partial charge in [-0.3, -0.25) is 9.97 Å². The van der Waals surface area contributed by atoms with Crippen LogP contribution in [0.1, 0.15) is 6.42 Å². The Bertz CT molecular complexity index is 445. The fraction of sp³-hybridized carbons (Fsp3) is 0.273. The van der Waals surface area contributed by atoms with Crippen molar-refractivity contribution in [1.29, 1.82) is 0 Å². The quantitative estimate of drug-likeness (QED) is 0.765. The molecule has 0 bridgehead atoms. The first-order valence-corrected chi connectivity index (χ1v) is 4.84. The molecule has 0 radical (unpaired) electrons. The highest BCUT2D eigenvalue weighted by molar-refractivity contribution is 5.75. The molecule has 0 saturated heterocycles. The summed E-state index contributed by atoms with van der Waals surface area (Å²) in [6, 6.07) is 5.57. The SMILES string of the molecule is OCCCOc1ccc2nccnc2c1. The lowest BCUT2D eigenvalue weighted by Crippen LogP contribution is -1.99. The molecule has 0 aliphatic carbocycles. The Kier molecular flexibility index (Phi) is 3.09. The van der Waals surface area contributed by atoms with E-state index in [9.17, 15) is 0 Å². The molecule has 1 N–H and O–H groups in total. The van der Waals surface area contributed by atoms with E-state index in [0.717, 1.165) is 16.8 Å². The highest BCUT2D eigenvalue weighted by atomic mass is 16.5. The smallest absolute Gasteiger partial charge is 0.121 e. The van der Waals surface area contributed by atoms with Crippen molar-refractivity contribution in [2.24, 2.45) is 0 Å². The van der Waals surface area contributed by atoms with E-state index in [1.807, 2.05) is 18.2 Å². The van der Waals surface area contributed by atoms with E-state index in [2.05, 4.69) is 9.97 Å². The van der Waals surface area contributed by atoms with Gasteiger partial charge in [-0.15, -0.1) is 0 Å². The topological polar surface area (TPSA) is 55.2 Å². The number of rotatable bonds is 4. The first-order valence-electron chi connectivity index (χ1n) is 4.84. The van der Waals surface area contributed by atoms with E-state index in [4.69, 9.17) is 9.84 Å². The van der Waals surface area contributed by atoms with Gasteiger partial charge in [0.15, 0.2) is 0 Å². The number of nitrogens with zero attached hydrogens (tertiary/aromatic N) is 2. The third-order valence-corrected chi connectivity index (χ3v) is 2.01. The summed E-state index contributed by atoms with van der Waals surface area (Å²) in [5, 5.41) is 8.61. The van der Waals surface area contributed by atoms with Crippen molar-refractivity contribution >= 4 is 11.0 Å². The molecule has 0 fully saturated rings. The molecule has 0 saturated carbocycles. The molecule has 2 rings (SSSR count). The molecular weight excluding hydrogens is 192 g/mol. The molecule has 0 aliphatic heterocycles. The van der Waals surface area contributed by atoms with Crippen LogP contribution >= 0.6 is 0 Å². The molecule has 78 valence electrons. The lowest BCUT2D eigenvalue weighted by molar-refractivity contribution is 0.233. The number of aromatic nitrogens is 2. The number of aliphatic hydroxyl groups is 1. The van der Waals surface area contributed by atoms with Crippen molar-refractivity contribution in [3.05, 3.63) is 30.6 Å². The first kappa shape index (κ1) is 9.86. The molecule has 4 heteroatoms. The van der Waals surface area contributed by atoms with Crippen LogP contribution in [0.5, 0.6) is 5.75 Å². The number of benzene rings is 1. The predicted molar refractivity (Wildman–Crippen MR) is 56.7 cm³/mol. The third kappa shape index (κ3) is 2.41. The molecule has 0 spiro atoms. The molecule has 0 unspecified atom stereocenters. The molecule has 1 heterocycles. The van der Waals surface area contributed by atoms with Crippen LogP contribution in [-0.4, -0.2) is 28.3 Å². The number of hydrogen-bond acceptors (Lipinski definition) is 4. The predicted octanol–water partition coefficient (Wildman–Crippen LogP) is 1.39. The summed E-state index contributed by atoms with van der Waals surface area (Å²) in [6.07, 6.45) is 3.95. The Morgan fingerprint density at radius 3 is 2.73 bits per heavy atom. The minimum Gasteiger partial charge on any atom is -0.493 e. The molecule has 15 heavy (non-hydrogen) atoms. The van der Waals surface area contributed by atoms with E-state index in [1.165, 1.54) is 0 Å².